The molecular formula is C12H20N2OS. The van der Waals surface area contributed by atoms with Crippen LogP contribution in [0.4, 0.5) is 0 Å². The number of rotatable bonds is 3. The minimum Gasteiger partial charge on any atom is -0.365 e. The van der Waals surface area contributed by atoms with Crippen LogP contribution in [0.2, 0.25) is 0 Å². The Balaban J connectivity index is 1.93. The normalized spacial score (nSPS) is 19.5. The second-order valence-electron chi connectivity index (χ2n) is 5.72. The van der Waals surface area contributed by atoms with Gasteiger partial charge in [-0.3, -0.25) is 0 Å². The van der Waals surface area contributed by atoms with E-state index in [2.05, 4.69) is 43.4 Å². The van der Waals surface area contributed by atoms with Crippen molar-refractivity contribution in [3.05, 3.63) is 16.1 Å². The molecule has 0 unspecified atom stereocenters. The maximum absolute atomic E-state index is 5.86. The third kappa shape index (κ3) is 2.62. The monoisotopic (exact) mass is 240 g/mol. The van der Waals surface area contributed by atoms with Gasteiger partial charge in [0.1, 0.15) is 5.01 Å². The smallest absolute Gasteiger partial charge is 0.119 e. The van der Waals surface area contributed by atoms with Crippen LogP contribution in [0.15, 0.2) is 5.38 Å². The molecular weight excluding hydrogens is 220 g/mol. The lowest BCUT2D eigenvalue weighted by Crippen LogP contribution is -2.58. The molecule has 0 aromatic carbocycles. The van der Waals surface area contributed by atoms with Crippen molar-refractivity contribution in [1.29, 1.82) is 0 Å². The van der Waals surface area contributed by atoms with Gasteiger partial charge in [-0.2, -0.15) is 0 Å². The molecule has 1 saturated heterocycles. The maximum Gasteiger partial charge on any atom is 0.119 e. The predicted molar refractivity (Wildman–Crippen MR) is 66.9 cm³/mol. The van der Waals surface area contributed by atoms with Crippen molar-refractivity contribution in [2.45, 2.75) is 45.3 Å². The van der Waals surface area contributed by atoms with Crippen molar-refractivity contribution in [3.8, 4) is 0 Å². The van der Waals surface area contributed by atoms with Crippen molar-refractivity contribution in [2.75, 3.05) is 13.1 Å². The van der Waals surface area contributed by atoms with Gasteiger partial charge in [0.2, 0.25) is 0 Å². The molecule has 1 aromatic heterocycles. The molecule has 1 fully saturated rings. The van der Waals surface area contributed by atoms with Crippen LogP contribution in [0.3, 0.4) is 0 Å². The van der Waals surface area contributed by atoms with Gasteiger partial charge in [-0.25, -0.2) is 4.98 Å². The number of nitrogens with zero attached hydrogens (tertiary/aromatic N) is 1. The summed E-state index contributed by atoms with van der Waals surface area (Å²) < 4.78 is 5.86. The van der Waals surface area contributed by atoms with E-state index in [0.717, 1.165) is 23.8 Å². The molecule has 3 nitrogen and oxygen atoms in total. The summed E-state index contributed by atoms with van der Waals surface area (Å²) in [6.45, 7) is 11.2. The molecule has 4 heteroatoms. The van der Waals surface area contributed by atoms with Crippen LogP contribution in [-0.2, 0) is 16.8 Å². The fourth-order valence-electron chi connectivity index (χ4n) is 1.54. The summed E-state index contributed by atoms with van der Waals surface area (Å²) in [5.41, 5.74) is 1.32. The van der Waals surface area contributed by atoms with E-state index in [-0.39, 0.29) is 11.0 Å². The quantitative estimate of drug-likeness (QED) is 0.880. The van der Waals surface area contributed by atoms with Crippen LogP contribution >= 0.6 is 11.3 Å². The number of hydrogen-bond donors (Lipinski definition) is 1. The van der Waals surface area contributed by atoms with Crippen molar-refractivity contribution >= 4 is 11.3 Å². The molecule has 0 radical (unpaired) electrons. The molecule has 2 rings (SSSR count). The summed E-state index contributed by atoms with van der Waals surface area (Å²) in [5, 5.41) is 6.45. The molecule has 0 bridgehead atoms. The second-order valence-corrected chi connectivity index (χ2v) is 6.66. The molecule has 0 aliphatic carbocycles. The summed E-state index contributed by atoms with van der Waals surface area (Å²) in [6.07, 6.45) is 0. The molecule has 1 aromatic rings. The van der Waals surface area contributed by atoms with E-state index in [1.807, 2.05) is 0 Å². The van der Waals surface area contributed by atoms with Gasteiger partial charge in [-0.15, -0.1) is 11.3 Å². The minimum atomic E-state index is 0.0214. The Bertz CT molecular complexity index is 363. The average molecular weight is 240 g/mol. The van der Waals surface area contributed by atoms with Gasteiger partial charge in [0.15, 0.2) is 0 Å². The third-order valence-electron chi connectivity index (χ3n) is 2.86. The highest BCUT2D eigenvalue weighted by atomic mass is 32.1. The first-order valence-electron chi connectivity index (χ1n) is 5.69. The third-order valence-corrected chi connectivity index (χ3v) is 3.68. The molecule has 2 heterocycles. The van der Waals surface area contributed by atoms with Gasteiger partial charge in [0, 0.05) is 23.9 Å². The summed E-state index contributed by atoms with van der Waals surface area (Å²) in [5.74, 6) is 0. The Kier molecular flexibility index (Phi) is 3.07. The standard InChI is InChI=1S/C12H20N2OS/c1-11(2,3)9-6-16-10(14-9)5-15-12(4)7-13-8-12/h6,13H,5,7-8H2,1-4H3. The number of hydrogen-bond acceptors (Lipinski definition) is 4. The first kappa shape index (κ1) is 12.0. The lowest BCUT2D eigenvalue weighted by atomic mass is 9.93. The highest BCUT2D eigenvalue weighted by molar-refractivity contribution is 7.09. The number of ether oxygens (including phenoxy) is 1. The van der Waals surface area contributed by atoms with E-state index < -0.39 is 0 Å². The van der Waals surface area contributed by atoms with Gasteiger partial charge in [0.25, 0.3) is 0 Å². The summed E-state index contributed by atoms with van der Waals surface area (Å²) >= 11 is 1.70. The van der Waals surface area contributed by atoms with Crippen LogP contribution in [0.5, 0.6) is 0 Å². The molecule has 0 amide bonds. The number of nitrogens with one attached hydrogen (secondary N) is 1. The van der Waals surface area contributed by atoms with Gasteiger partial charge in [0.05, 0.1) is 17.9 Å². The van der Waals surface area contributed by atoms with Crippen LogP contribution in [0, 0.1) is 0 Å². The van der Waals surface area contributed by atoms with Gasteiger partial charge in [-0.1, -0.05) is 20.8 Å². The fourth-order valence-corrected chi connectivity index (χ4v) is 2.47. The van der Waals surface area contributed by atoms with Crippen LogP contribution in [-0.4, -0.2) is 23.7 Å². The molecule has 1 N–H and O–H groups in total. The highest BCUT2D eigenvalue weighted by Gasteiger charge is 2.32. The molecule has 1 aliphatic rings. The van der Waals surface area contributed by atoms with E-state index >= 15 is 0 Å². The largest absolute Gasteiger partial charge is 0.365 e. The SMILES string of the molecule is CC1(OCc2nc(C(C)(C)C)cs2)CNC1. The van der Waals surface area contributed by atoms with Crippen molar-refractivity contribution < 1.29 is 4.74 Å². The molecule has 90 valence electrons. The van der Waals surface area contributed by atoms with Gasteiger partial charge in [-0.05, 0) is 6.92 Å². The number of thiazole rings is 1. The van der Waals surface area contributed by atoms with E-state index in [1.54, 1.807) is 11.3 Å². The van der Waals surface area contributed by atoms with Crippen molar-refractivity contribution in [3.63, 3.8) is 0 Å². The fraction of sp³-hybridized carbons (Fsp3) is 0.750. The van der Waals surface area contributed by atoms with Crippen molar-refractivity contribution in [1.82, 2.24) is 10.3 Å². The van der Waals surface area contributed by atoms with Crippen molar-refractivity contribution in [2.24, 2.45) is 0 Å². The average Bonchev–Trinajstić information content (AvgIpc) is 2.59. The molecule has 0 atom stereocenters. The molecule has 0 spiro atoms. The maximum atomic E-state index is 5.86. The van der Waals surface area contributed by atoms with Crippen LogP contribution in [0.1, 0.15) is 38.4 Å². The zero-order chi connectivity index (χ0) is 11.8. The summed E-state index contributed by atoms with van der Waals surface area (Å²) in [6, 6.07) is 0. The molecule has 16 heavy (non-hydrogen) atoms. The van der Waals surface area contributed by atoms with E-state index in [1.165, 1.54) is 0 Å². The van der Waals surface area contributed by atoms with E-state index in [9.17, 15) is 0 Å². The van der Waals surface area contributed by atoms with Crippen LogP contribution < -0.4 is 5.32 Å². The topological polar surface area (TPSA) is 34.1 Å². The van der Waals surface area contributed by atoms with E-state index in [0.29, 0.717) is 6.61 Å². The van der Waals surface area contributed by atoms with Crippen LogP contribution in [0.25, 0.3) is 0 Å². The first-order chi connectivity index (χ1) is 7.39. The lowest BCUT2D eigenvalue weighted by molar-refractivity contribution is -0.0768. The summed E-state index contributed by atoms with van der Waals surface area (Å²) in [4.78, 5) is 4.62. The van der Waals surface area contributed by atoms with Gasteiger partial charge >= 0.3 is 0 Å². The zero-order valence-corrected chi connectivity index (χ0v) is 11.3. The number of aromatic nitrogens is 1. The first-order valence-corrected chi connectivity index (χ1v) is 6.57. The Labute approximate surface area is 101 Å². The Hall–Kier alpha value is -0.450. The van der Waals surface area contributed by atoms with E-state index in [4.69, 9.17) is 4.74 Å². The predicted octanol–water partition coefficient (Wildman–Crippen LogP) is 2.32. The second kappa shape index (κ2) is 4.09. The zero-order valence-electron chi connectivity index (χ0n) is 10.5. The Morgan fingerprint density at radius 2 is 2.19 bits per heavy atom. The highest BCUT2D eigenvalue weighted by Crippen LogP contribution is 2.25. The molecule has 0 saturated carbocycles. The Morgan fingerprint density at radius 3 is 2.62 bits per heavy atom. The molecule has 1 aliphatic heterocycles. The minimum absolute atomic E-state index is 0.0214. The lowest BCUT2D eigenvalue weighted by Gasteiger charge is -2.38. The summed E-state index contributed by atoms with van der Waals surface area (Å²) in [7, 11) is 0. The Morgan fingerprint density at radius 1 is 1.50 bits per heavy atom. The van der Waals surface area contributed by atoms with Gasteiger partial charge < -0.3 is 10.1 Å².